The molecule has 0 bridgehead atoms. The van der Waals surface area contributed by atoms with E-state index >= 15 is 0 Å². The van der Waals surface area contributed by atoms with Gasteiger partial charge >= 0.3 is 0 Å². The predicted octanol–water partition coefficient (Wildman–Crippen LogP) is 2.72. The lowest BCUT2D eigenvalue weighted by molar-refractivity contribution is -0.120. The maximum Gasteiger partial charge on any atom is 0.234 e. The van der Waals surface area contributed by atoms with E-state index in [2.05, 4.69) is 20.8 Å². The molecule has 0 saturated heterocycles. The van der Waals surface area contributed by atoms with Crippen molar-refractivity contribution >= 4 is 29.3 Å². The highest BCUT2D eigenvalue weighted by molar-refractivity contribution is 7.99. The number of anilines is 1. The highest BCUT2D eigenvalue weighted by Crippen LogP contribution is 2.17. The molecule has 2 amide bonds. The minimum absolute atomic E-state index is 0.111. The number of benzene rings is 2. The second-order valence-corrected chi connectivity index (χ2v) is 7.90. The number of aryl methyl sites for hydroxylation is 1. The molecule has 3 rings (SSSR count). The van der Waals surface area contributed by atoms with Crippen LogP contribution in [0.25, 0.3) is 0 Å². The Bertz CT molecular complexity index is 1030. The molecule has 0 fully saturated rings. The molecule has 3 aromatic rings. The number of hydrogen-bond acceptors (Lipinski definition) is 6. The van der Waals surface area contributed by atoms with Gasteiger partial charge in [0, 0.05) is 12.7 Å². The molecule has 31 heavy (non-hydrogen) atoms. The fourth-order valence-corrected chi connectivity index (χ4v) is 3.49. The molecule has 0 spiro atoms. The van der Waals surface area contributed by atoms with Crippen LogP contribution in [-0.4, -0.2) is 39.4 Å². The summed E-state index contributed by atoms with van der Waals surface area (Å²) < 4.78 is 6.89. The number of amides is 2. The van der Waals surface area contributed by atoms with E-state index in [-0.39, 0.29) is 30.5 Å². The first-order chi connectivity index (χ1) is 14.9. The van der Waals surface area contributed by atoms with Gasteiger partial charge in [-0.1, -0.05) is 41.6 Å². The van der Waals surface area contributed by atoms with Crippen molar-refractivity contribution in [3.8, 4) is 5.75 Å². The van der Waals surface area contributed by atoms with Gasteiger partial charge in [0.25, 0.3) is 0 Å². The maximum atomic E-state index is 12.2. The van der Waals surface area contributed by atoms with Crippen LogP contribution in [0, 0.1) is 6.92 Å². The monoisotopic (exact) mass is 439 g/mol. The molecular formula is C22H25N5O3S. The van der Waals surface area contributed by atoms with Crippen LogP contribution in [0.15, 0.2) is 53.7 Å². The van der Waals surface area contributed by atoms with E-state index in [1.165, 1.54) is 11.8 Å². The molecule has 0 radical (unpaired) electrons. The van der Waals surface area contributed by atoms with Crippen LogP contribution < -0.4 is 15.4 Å². The zero-order valence-corrected chi connectivity index (χ0v) is 18.5. The van der Waals surface area contributed by atoms with E-state index in [0.29, 0.717) is 11.0 Å². The lowest BCUT2D eigenvalue weighted by Gasteiger charge is -2.07. The van der Waals surface area contributed by atoms with Gasteiger partial charge in [-0.2, -0.15) is 0 Å². The molecule has 1 aromatic heterocycles. The SMILES string of the molecule is COc1ccc(CC(=O)NCc2nnc(SCC(=O)Nc3ccc(C)cc3)n2C)cc1. The van der Waals surface area contributed by atoms with Crippen molar-refractivity contribution in [3.05, 3.63) is 65.5 Å². The molecule has 1 heterocycles. The largest absolute Gasteiger partial charge is 0.497 e. The van der Waals surface area contributed by atoms with Crippen LogP contribution >= 0.6 is 11.8 Å². The summed E-state index contributed by atoms with van der Waals surface area (Å²) in [5.41, 5.74) is 2.79. The van der Waals surface area contributed by atoms with E-state index in [0.717, 1.165) is 22.6 Å². The highest BCUT2D eigenvalue weighted by atomic mass is 32.2. The van der Waals surface area contributed by atoms with Gasteiger partial charge in [-0.15, -0.1) is 10.2 Å². The van der Waals surface area contributed by atoms with Gasteiger partial charge in [-0.3, -0.25) is 9.59 Å². The summed E-state index contributed by atoms with van der Waals surface area (Å²) in [4.78, 5) is 24.4. The molecule has 0 aliphatic carbocycles. The highest BCUT2D eigenvalue weighted by Gasteiger charge is 2.13. The number of thioether (sulfide) groups is 1. The molecule has 2 aromatic carbocycles. The van der Waals surface area contributed by atoms with E-state index in [9.17, 15) is 9.59 Å². The van der Waals surface area contributed by atoms with Crippen molar-refractivity contribution < 1.29 is 14.3 Å². The van der Waals surface area contributed by atoms with Crippen molar-refractivity contribution in [3.63, 3.8) is 0 Å². The van der Waals surface area contributed by atoms with Gasteiger partial charge in [-0.05, 0) is 36.8 Å². The standard InChI is InChI=1S/C22H25N5O3S/c1-15-4-8-17(9-5-15)24-21(29)14-31-22-26-25-19(27(22)2)13-23-20(28)12-16-6-10-18(30-3)11-7-16/h4-11H,12-14H2,1-3H3,(H,23,28)(H,24,29). The Morgan fingerprint density at radius 1 is 1.03 bits per heavy atom. The van der Waals surface area contributed by atoms with Crippen molar-refractivity contribution in [1.29, 1.82) is 0 Å². The Balaban J connectivity index is 1.46. The number of nitrogens with one attached hydrogen (secondary N) is 2. The van der Waals surface area contributed by atoms with Crippen LogP contribution in [0.1, 0.15) is 17.0 Å². The minimum Gasteiger partial charge on any atom is -0.497 e. The number of hydrogen-bond donors (Lipinski definition) is 2. The van der Waals surface area contributed by atoms with E-state index in [1.807, 2.05) is 62.5 Å². The number of carbonyl (C=O) groups is 2. The number of methoxy groups -OCH3 is 1. The number of ether oxygens (including phenoxy) is 1. The average Bonchev–Trinajstić information content (AvgIpc) is 3.12. The van der Waals surface area contributed by atoms with Gasteiger partial charge in [0.2, 0.25) is 11.8 Å². The van der Waals surface area contributed by atoms with Crippen molar-refractivity contribution in [2.45, 2.75) is 25.0 Å². The summed E-state index contributed by atoms with van der Waals surface area (Å²) in [5.74, 6) is 1.35. The average molecular weight is 440 g/mol. The van der Waals surface area contributed by atoms with Gasteiger partial charge in [0.15, 0.2) is 11.0 Å². The molecule has 0 aliphatic heterocycles. The lowest BCUT2D eigenvalue weighted by atomic mass is 10.1. The minimum atomic E-state index is -0.119. The quantitative estimate of drug-likeness (QED) is 0.498. The van der Waals surface area contributed by atoms with Gasteiger partial charge in [-0.25, -0.2) is 0 Å². The smallest absolute Gasteiger partial charge is 0.234 e. The molecule has 2 N–H and O–H groups in total. The van der Waals surface area contributed by atoms with E-state index in [4.69, 9.17) is 4.74 Å². The summed E-state index contributed by atoms with van der Waals surface area (Å²) in [5, 5.41) is 14.6. The van der Waals surface area contributed by atoms with Crippen LogP contribution in [0.3, 0.4) is 0 Å². The summed E-state index contributed by atoms with van der Waals surface area (Å²) in [6.07, 6.45) is 0.267. The predicted molar refractivity (Wildman–Crippen MR) is 120 cm³/mol. The van der Waals surface area contributed by atoms with E-state index < -0.39 is 0 Å². The van der Waals surface area contributed by atoms with E-state index in [1.54, 1.807) is 11.7 Å². The summed E-state index contributed by atoms with van der Waals surface area (Å²) >= 11 is 1.29. The molecule has 0 unspecified atom stereocenters. The Morgan fingerprint density at radius 2 is 1.74 bits per heavy atom. The van der Waals surface area contributed by atoms with Crippen LogP contribution in [0.5, 0.6) is 5.75 Å². The van der Waals surface area contributed by atoms with Crippen LogP contribution in [-0.2, 0) is 29.6 Å². The van der Waals surface area contributed by atoms with Gasteiger partial charge in [0.05, 0.1) is 25.8 Å². The Labute approximate surface area is 185 Å². The van der Waals surface area contributed by atoms with Crippen molar-refractivity contribution in [2.24, 2.45) is 7.05 Å². The summed E-state index contributed by atoms with van der Waals surface area (Å²) in [6, 6.07) is 15.0. The Morgan fingerprint density at radius 3 is 2.42 bits per heavy atom. The first kappa shape index (κ1) is 22.4. The molecular weight excluding hydrogens is 414 g/mol. The first-order valence-electron chi connectivity index (χ1n) is 9.72. The Kier molecular flexibility index (Phi) is 7.66. The molecule has 8 nitrogen and oxygen atoms in total. The molecule has 0 aliphatic rings. The molecule has 0 atom stereocenters. The molecule has 9 heteroatoms. The zero-order valence-electron chi connectivity index (χ0n) is 17.7. The number of aromatic nitrogens is 3. The van der Waals surface area contributed by atoms with Crippen molar-refractivity contribution in [2.75, 3.05) is 18.2 Å². The lowest BCUT2D eigenvalue weighted by Crippen LogP contribution is -2.26. The third-order valence-corrected chi connectivity index (χ3v) is 5.58. The third-order valence-electron chi connectivity index (χ3n) is 4.56. The number of rotatable bonds is 9. The number of carbonyl (C=O) groups excluding carboxylic acids is 2. The van der Waals surface area contributed by atoms with Crippen molar-refractivity contribution in [1.82, 2.24) is 20.1 Å². The maximum absolute atomic E-state index is 12.2. The zero-order chi connectivity index (χ0) is 22.2. The van der Waals surface area contributed by atoms with Gasteiger partial charge < -0.3 is 19.9 Å². The van der Waals surface area contributed by atoms with Crippen LogP contribution in [0.4, 0.5) is 5.69 Å². The summed E-state index contributed by atoms with van der Waals surface area (Å²) in [7, 11) is 3.41. The number of nitrogens with zero attached hydrogens (tertiary/aromatic N) is 3. The summed E-state index contributed by atoms with van der Waals surface area (Å²) in [6.45, 7) is 2.25. The second-order valence-electron chi connectivity index (χ2n) is 6.96. The molecule has 0 saturated carbocycles. The second kappa shape index (κ2) is 10.6. The first-order valence-corrected chi connectivity index (χ1v) is 10.7. The normalized spacial score (nSPS) is 10.5. The van der Waals surface area contributed by atoms with Gasteiger partial charge in [0.1, 0.15) is 5.75 Å². The Hall–Kier alpha value is -3.33. The fraction of sp³-hybridized carbons (Fsp3) is 0.273. The van der Waals surface area contributed by atoms with Crippen LogP contribution in [0.2, 0.25) is 0 Å². The third kappa shape index (κ3) is 6.58. The fourth-order valence-electron chi connectivity index (χ4n) is 2.76. The molecule has 162 valence electrons. The topological polar surface area (TPSA) is 98.1 Å².